The Morgan fingerprint density at radius 2 is 1.92 bits per heavy atom. The number of likely N-dealkylation sites (N-methyl/N-ethyl adjacent to an activating group) is 1. The van der Waals surface area contributed by atoms with E-state index in [-0.39, 0.29) is 12.6 Å². The van der Waals surface area contributed by atoms with Gasteiger partial charge in [-0.15, -0.1) is 0 Å². The number of nitrogens with zero attached hydrogens (tertiary/aromatic N) is 5. The summed E-state index contributed by atoms with van der Waals surface area (Å²) >= 11 is 0. The van der Waals surface area contributed by atoms with E-state index < -0.39 is 21.9 Å². The minimum Gasteiger partial charge on any atom is -0.444 e. The van der Waals surface area contributed by atoms with Crippen LogP contribution in [-0.2, 0) is 14.9 Å². The number of piperazine rings is 1. The van der Waals surface area contributed by atoms with Crippen molar-refractivity contribution in [3.8, 4) is 0 Å². The molecule has 2 aliphatic rings. The van der Waals surface area contributed by atoms with Gasteiger partial charge in [0.15, 0.2) is 0 Å². The molecule has 148 valence electrons. The van der Waals surface area contributed by atoms with E-state index in [4.69, 9.17) is 4.74 Å². The number of allylic oxidation sites excluding steroid dienone is 1. The van der Waals surface area contributed by atoms with Crippen molar-refractivity contribution in [1.82, 2.24) is 18.5 Å². The fourth-order valence-corrected chi connectivity index (χ4v) is 4.40. The fraction of sp³-hybridized carbons (Fsp3) is 0.750. The highest BCUT2D eigenvalue weighted by Crippen LogP contribution is 2.28. The largest absolute Gasteiger partial charge is 0.444 e. The Bertz CT molecular complexity index is 713. The van der Waals surface area contributed by atoms with Crippen LogP contribution in [-0.4, -0.2) is 84.6 Å². The Morgan fingerprint density at radius 1 is 1.31 bits per heavy atom. The number of rotatable bonds is 2. The Hall–Kier alpha value is -1.81. The summed E-state index contributed by atoms with van der Waals surface area (Å²) < 4.78 is 33.1. The van der Waals surface area contributed by atoms with Gasteiger partial charge in [-0.05, 0) is 34.6 Å². The van der Waals surface area contributed by atoms with Gasteiger partial charge in [0.05, 0.1) is 24.8 Å². The average Bonchev–Trinajstić information content (AvgIpc) is 2.78. The summed E-state index contributed by atoms with van der Waals surface area (Å²) in [6, 6.07) is -0.148. The van der Waals surface area contributed by atoms with Gasteiger partial charge in [0.25, 0.3) is 0 Å². The molecule has 10 heteroatoms. The van der Waals surface area contributed by atoms with E-state index in [1.165, 1.54) is 8.61 Å². The second-order valence-corrected chi connectivity index (χ2v) is 9.57. The second-order valence-electron chi connectivity index (χ2n) is 7.61. The molecule has 0 spiro atoms. The molecule has 0 unspecified atom stereocenters. The number of amides is 1. The summed E-state index contributed by atoms with van der Waals surface area (Å²) in [4.78, 5) is 14.2. The zero-order valence-corrected chi connectivity index (χ0v) is 17.2. The van der Waals surface area contributed by atoms with Crippen LogP contribution in [0.3, 0.4) is 0 Å². The SMILES string of the molecule is C=NN1C[C@H](C)N(C(=O)OC(C)(C)C)C/C1=C(/C)N1CCN(C)S1(=O)=O. The van der Waals surface area contributed by atoms with Crippen LogP contribution in [0.1, 0.15) is 34.6 Å². The van der Waals surface area contributed by atoms with E-state index in [0.717, 1.165) is 0 Å². The number of carbonyl (C=O) groups excluding carboxylic acids is 1. The Morgan fingerprint density at radius 3 is 2.38 bits per heavy atom. The van der Waals surface area contributed by atoms with E-state index >= 15 is 0 Å². The predicted molar refractivity (Wildman–Crippen MR) is 99.6 cm³/mol. The topological polar surface area (TPSA) is 85.8 Å². The zero-order valence-electron chi connectivity index (χ0n) is 16.4. The van der Waals surface area contributed by atoms with Crippen molar-refractivity contribution in [3.63, 3.8) is 0 Å². The van der Waals surface area contributed by atoms with Crippen LogP contribution in [0.25, 0.3) is 0 Å². The van der Waals surface area contributed by atoms with Crippen molar-refractivity contribution in [3.05, 3.63) is 11.4 Å². The lowest BCUT2D eigenvalue weighted by molar-refractivity contribution is 0.00870. The van der Waals surface area contributed by atoms with Crippen LogP contribution in [0, 0.1) is 0 Å². The second kappa shape index (κ2) is 7.07. The van der Waals surface area contributed by atoms with Gasteiger partial charge in [0.2, 0.25) is 0 Å². The van der Waals surface area contributed by atoms with Crippen LogP contribution in [0.15, 0.2) is 16.5 Å². The van der Waals surface area contributed by atoms with Crippen molar-refractivity contribution in [2.75, 3.05) is 33.2 Å². The third-order valence-corrected chi connectivity index (χ3v) is 6.47. The van der Waals surface area contributed by atoms with Crippen LogP contribution < -0.4 is 0 Å². The molecule has 0 aromatic rings. The number of hydrazone groups is 1. The molecule has 2 fully saturated rings. The van der Waals surface area contributed by atoms with Gasteiger partial charge in [-0.2, -0.15) is 17.8 Å². The summed E-state index contributed by atoms with van der Waals surface area (Å²) in [6.07, 6.45) is -0.430. The number of hydrogen-bond acceptors (Lipinski definition) is 6. The Labute approximate surface area is 156 Å². The lowest BCUT2D eigenvalue weighted by Crippen LogP contribution is -2.53. The molecule has 0 N–H and O–H groups in total. The molecule has 1 amide bonds. The summed E-state index contributed by atoms with van der Waals surface area (Å²) in [7, 11) is -1.99. The standard InChI is InChI=1S/C16H29N5O4S/c1-12-10-20(17-6)14(11-19(12)15(22)25-16(3,4)5)13(2)21-9-8-18(7)26(21,23)24/h12H,6,8-11H2,1-5,7H3/b14-13+/t12-/m0/s1. The molecule has 1 atom stereocenters. The van der Waals surface area contributed by atoms with Gasteiger partial charge in [-0.25, -0.2) is 4.79 Å². The van der Waals surface area contributed by atoms with Crippen molar-refractivity contribution < 1.29 is 17.9 Å². The van der Waals surface area contributed by atoms with Crippen molar-refractivity contribution in [2.45, 2.75) is 46.3 Å². The molecule has 2 aliphatic heterocycles. The highest BCUT2D eigenvalue weighted by Gasteiger charge is 2.39. The maximum atomic E-state index is 12.6. The van der Waals surface area contributed by atoms with Gasteiger partial charge in [0, 0.05) is 32.6 Å². The number of carbonyl (C=O) groups is 1. The molecular formula is C16H29N5O4S. The van der Waals surface area contributed by atoms with Crippen LogP contribution in [0.5, 0.6) is 0 Å². The third-order valence-electron chi connectivity index (χ3n) is 4.48. The predicted octanol–water partition coefficient (Wildman–Crippen LogP) is 1.27. The molecule has 9 nitrogen and oxygen atoms in total. The van der Waals surface area contributed by atoms with Crippen molar-refractivity contribution in [2.24, 2.45) is 5.10 Å². The molecule has 0 saturated carbocycles. The summed E-state index contributed by atoms with van der Waals surface area (Å²) in [6.45, 7) is 14.0. The molecule has 0 aromatic heterocycles. The first-order valence-corrected chi connectivity index (χ1v) is 9.95. The number of ether oxygens (including phenoxy) is 1. The van der Waals surface area contributed by atoms with Gasteiger partial charge in [-0.1, -0.05) is 0 Å². The van der Waals surface area contributed by atoms with E-state index in [2.05, 4.69) is 11.8 Å². The molecular weight excluding hydrogens is 358 g/mol. The Kier molecular flexibility index (Phi) is 5.57. The molecule has 26 heavy (non-hydrogen) atoms. The number of hydrogen-bond donors (Lipinski definition) is 0. The minimum absolute atomic E-state index is 0.148. The molecule has 0 aromatic carbocycles. The minimum atomic E-state index is -3.54. The highest BCUT2D eigenvalue weighted by atomic mass is 32.2. The van der Waals surface area contributed by atoms with Gasteiger partial charge >= 0.3 is 16.3 Å². The van der Waals surface area contributed by atoms with Gasteiger partial charge in [0.1, 0.15) is 5.60 Å². The maximum Gasteiger partial charge on any atom is 0.410 e. The van der Waals surface area contributed by atoms with Crippen LogP contribution in [0.2, 0.25) is 0 Å². The summed E-state index contributed by atoms with van der Waals surface area (Å²) in [5.41, 5.74) is 0.565. The molecule has 0 aliphatic carbocycles. The summed E-state index contributed by atoms with van der Waals surface area (Å²) in [5, 5.41) is 5.68. The zero-order chi connectivity index (χ0) is 19.9. The smallest absolute Gasteiger partial charge is 0.410 e. The van der Waals surface area contributed by atoms with E-state index in [1.807, 2.05) is 27.7 Å². The first-order chi connectivity index (χ1) is 11.9. The molecule has 2 saturated heterocycles. The van der Waals surface area contributed by atoms with Crippen molar-refractivity contribution in [1.29, 1.82) is 0 Å². The van der Waals surface area contributed by atoms with Gasteiger partial charge in [-0.3, -0.25) is 14.2 Å². The fourth-order valence-electron chi connectivity index (χ4n) is 2.98. The molecule has 0 bridgehead atoms. The summed E-state index contributed by atoms with van der Waals surface area (Å²) in [5.74, 6) is 0. The van der Waals surface area contributed by atoms with Crippen LogP contribution in [0.4, 0.5) is 4.79 Å². The van der Waals surface area contributed by atoms with Crippen molar-refractivity contribution >= 4 is 23.0 Å². The third kappa shape index (κ3) is 3.96. The van der Waals surface area contributed by atoms with E-state index in [0.29, 0.717) is 31.0 Å². The van der Waals surface area contributed by atoms with Crippen LogP contribution >= 0.6 is 0 Å². The van der Waals surface area contributed by atoms with Gasteiger partial charge < -0.3 is 4.74 Å². The average molecular weight is 388 g/mol. The molecule has 0 radical (unpaired) electrons. The van der Waals surface area contributed by atoms with E-state index in [9.17, 15) is 13.2 Å². The first kappa shape index (κ1) is 20.5. The monoisotopic (exact) mass is 387 g/mol. The molecule has 2 rings (SSSR count). The maximum absolute atomic E-state index is 12.6. The van der Waals surface area contributed by atoms with E-state index in [1.54, 1.807) is 23.9 Å². The normalized spacial score (nSPS) is 26.1. The highest BCUT2D eigenvalue weighted by molar-refractivity contribution is 7.87. The quantitative estimate of drug-likeness (QED) is 0.666. The first-order valence-electron chi connectivity index (χ1n) is 8.56. The lowest BCUT2D eigenvalue weighted by atomic mass is 10.1. The molecule has 2 heterocycles. The lowest BCUT2D eigenvalue weighted by Gasteiger charge is -2.41. The Balaban J connectivity index is 2.36.